The van der Waals surface area contributed by atoms with Crippen LogP contribution in [0.2, 0.25) is 0 Å². The van der Waals surface area contributed by atoms with Gasteiger partial charge in [-0.25, -0.2) is 0 Å². The van der Waals surface area contributed by atoms with E-state index in [1.54, 1.807) is 0 Å². The van der Waals surface area contributed by atoms with Gasteiger partial charge in [0.15, 0.2) is 5.96 Å². The molecule has 0 saturated carbocycles. The fourth-order valence-electron chi connectivity index (χ4n) is 2.17. The van der Waals surface area contributed by atoms with E-state index < -0.39 is 0 Å². The number of nitrogens with one attached hydrogen (secondary N) is 2. The molecular formula is C18H33IN4. The number of rotatable bonds is 9. The number of hydrogen-bond acceptors (Lipinski definition) is 2. The minimum Gasteiger partial charge on any atom is -0.357 e. The van der Waals surface area contributed by atoms with Crippen LogP contribution in [-0.2, 0) is 6.42 Å². The normalized spacial score (nSPS) is 11.3. The Labute approximate surface area is 159 Å². The highest BCUT2D eigenvalue weighted by molar-refractivity contribution is 14.0. The van der Waals surface area contributed by atoms with Gasteiger partial charge in [0.1, 0.15) is 0 Å². The van der Waals surface area contributed by atoms with Gasteiger partial charge in [-0.2, -0.15) is 0 Å². The third-order valence-corrected chi connectivity index (χ3v) is 3.48. The number of unbranched alkanes of at least 4 members (excludes halogenated alkanes) is 1. The van der Waals surface area contributed by atoms with Crippen LogP contribution in [0.15, 0.2) is 23.3 Å². The first-order valence-corrected chi connectivity index (χ1v) is 8.55. The molecule has 0 unspecified atom stereocenters. The number of aryl methyl sites for hydroxylation is 1. The van der Waals surface area contributed by atoms with Crippen molar-refractivity contribution in [3.63, 3.8) is 0 Å². The van der Waals surface area contributed by atoms with Crippen LogP contribution in [0, 0.1) is 12.8 Å². The van der Waals surface area contributed by atoms with Gasteiger partial charge in [0, 0.05) is 31.5 Å². The van der Waals surface area contributed by atoms with Crippen LogP contribution in [0.3, 0.4) is 0 Å². The lowest BCUT2D eigenvalue weighted by molar-refractivity contribution is 0.541. The number of guanidine groups is 1. The summed E-state index contributed by atoms with van der Waals surface area (Å²) in [5, 5.41) is 6.70. The van der Waals surface area contributed by atoms with Crippen LogP contribution in [0.1, 0.15) is 51.3 Å². The third-order valence-electron chi connectivity index (χ3n) is 3.48. The number of pyridine rings is 1. The van der Waals surface area contributed by atoms with E-state index in [2.05, 4.69) is 53.5 Å². The van der Waals surface area contributed by atoms with Crippen LogP contribution in [-0.4, -0.2) is 30.6 Å². The topological polar surface area (TPSA) is 49.3 Å². The summed E-state index contributed by atoms with van der Waals surface area (Å²) in [5.41, 5.74) is 2.32. The van der Waals surface area contributed by atoms with Gasteiger partial charge in [0.2, 0.25) is 0 Å². The van der Waals surface area contributed by atoms with Crippen LogP contribution >= 0.6 is 24.0 Å². The molecule has 4 nitrogen and oxygen atoms in total. The second-order valence-electron chi connectivity index (χ2n) is 6.13. The van der Waals surface area contributed by atoms with E-state index >= 15 is 0 Å². The molecule has 1 aromatic heterocycles. The van der Waals surface area contributed by atoms with E-state index in [1.807, 2.05) is 13.1 Å². The number of halogens is 1. The number of nitrogens with zero attached hydrogens (tertiary/aromatic N) is 2. The van der Waals surface area contributed by atoms with Crippen LogP contribution in [0.5, 0.6) is 0 Å². The van der Waals surface area contributed by atoms with Crippen molar-refractivity contribution in [3.8, 4) is 0 Å². The van der Waals surface area contributed by atoms with Crippen molar-refractivity contribution >= 4 is 29.9 Å². The zero-order valence-corrected chi connectivity index (χ0v) is 17.4. The van der Waals surface area contributed by atoms with E-state index in [0.29, 0.717) is 0 Å². The molecule has 1 aromatic rings. The van der Waals surface area contributed by atoms with Gasteiger partial charge in [0.25, 0.3) is 0 Å². The van der Waals surface area contributed by atoms with Crippen LogP contribution < -0.4 is 10.6 Å². The fourth-order valence-corrected chi connectivity index (χ4v) is 2.17. The Morgan fingerprint density at radius 2 is 2.00 bits per heavy atom. The SMILES string of the molecule is CCNC(=NCCCCC(C)C)NCCc1ccc(C)nc1.I. The molecule has 0 aliphatic heterocycles. The van der Waals surface area contributed by atoms with E-state index in [1.165, 1.54) is 18.4 Å². The monoisotopic (exact) mass is 432 g/mol. The fraction of sp³-hybridized carbons (Fsp3) is 0.667. The average Bonchev–Trinajstić information content (AvgIpc) is 2.48. The maximum atomic E-state index is 4.63. The van der Waals surface area contributed by atoms with Crippen molar-refractivity contribution in [2.75, 3.05) is 19.6 Å². The number of hydrogen-bond donors (Lipinski definition) is 2. The van der Waals surface area contributed by atoms with Gasteiger partial charge >= 0.3 is 0 Å². The van der Waals surface area contributed by atoms with Crippen molar-refractivity contribution in [2.45, 2.75) is 53.4 Å². The summed E-state index contributed by atoms with van der Waals surface area (Å²) in [7, 11) is 0. The molecule has 0 saturated heterocycles. The Balaban J connectivity index is 0.00000484. The molecule has 0 bridgehead atoms. The maximum Gasteiger partial charge on any atom is 0.191 e. The standard InChI is InChI=1S/C18H32N4.HI/c1-5-19-18(20-12-7-6-8-15(2)3)21-13-11-17-10-9-16(4)22-14-17;/h9-10,14-15H,5-8,11-13H2,1-4H3,(H2,19,20,21);1H. The molecule has 23 heavy (non-hydrogen) atoms. The van der Waals surface area contributed by atoms with Gasteiger partial charge in [-0.05, 0) is 44.2 Å². The molecule has 0 fully saturated rings. The Kier molecular flexibility index (Phi) is 13.1. The zero-order chi connectivity index (χ0) is 16.2. The Morgan fingerprint density at radius 1 is 1.22 bits per heavy atom. The zero-order valence-electron chi connectivity index (χ0n) is 15.1. The molecule has 0 aliphatic carbocycles. The highest BCUT2D eigenvalue weighted by Crippen LogP contribution is 2.05. The summed E-state index contributed by atoms with van der Waals surface area (Å²) >= 11 is 0. The molecule has 0 aliphatic rings. The second-order valence-corrected chi connectivity index (χ2v) is 6.13. The molecule has 0 spiro atoms. The summed E-state index contributed by atoms with van der Waals surface area (Å²) in [6.45, 7) is 11.3. The summed E-state index contributed by atoms with van der Waals surface area (Å²) in [5.74, 6) is 1.71. The lowest BCUT2D eigenvalue weighted by atomic mass is 10.1. The van der Waals surface area contributed by atoms with E-state index in [-0.39, 0.29) is 24.0 Å². The first-order chi connectivity index (χ1) is 10.6. The highest BCUT2D eigenvalue weighted by Gasteiger charge is 1.99. The molecule has 1 rings (SSSR count). The molecule has 0 aromatic carbocycles. The van der Waals surface area contributed by atoms with Crippen molar-refractivity contribution in [2.24, 2.45) is 10.9 Å². The minimum absolute atomic E-state index is 0. The van der Waals surface area contributed by atoms with Crippen molar-refractivity contribution in [1.29, 1.82) is 0 Å². The lowest BCUT2D eigenvalue weighted by Crippen LogP contribution is -2.38. The molecular weight excluding hydrogens is 399 g/mol. The molecule has 5 heteroatoms. The van der Waals surface area contributed by atoms with Crippen molar-refractivity contribution in [3.05, 3.63) is 29.6 Å². The largest absolute Gasteiger partial charge is 0.357 e. The maximum absolute atomic E-state index is 4.63. The van der Waals surface area contributed by atoms with E-state index in [4.69, 9.17) is 0 Å². The highest BCUT2D eigenvalue weighted by atomic mass is 127. The predicted octanol–water partition coefficient (Wildman–Crippen LogP) is 3.93. The van der Waals surface area contributed by atoms with Crippen molar-refractivity contribution in [1.82, 2.24) is 15.6 Å². The summed E-state index contributed by atoms with van der Waals surface area (Å²) in [4.78, 5) is 8.96. The van der Waals surface area contributed by atoms with E-state index in [9.17, 15) is 0 Å². The molecule has 132 valence electrons. The smallest absolute Gasteiger partial charge is 0.191 e. The number of aromatic nitrogens is 1. The first-order valence-electron chi connectivity index (χ1n) is 8.55. The second kappa shape index (κ2) is 13.6. The predicted molar refractivity (Wildman–Crippen MR) is 111 cm³/mol. The minimum atomic E-state index is 0. The van der Waals surface area contributed by atoms with Gasteiger partial charge in [-0.3, -0.25) is 9.98 Å². The Morgan fingerprint density at radius 3 is 2.61 bits per heavy atom. The quantitative estimate of drug-likeness (QED) is 0.269. The first kappa shape index (κ1) is 22.1. The molecule has 1 heterocycles. The van der Waals surface area contributed by atoms with E-state index in [0.717, 1.165) is 50.0 Å². The summed E-state index contributed by atoms with van der Waals surface area (Å²) in [6.07, 6.45) is 6.63. The Bertz CT molecular complexity index is 429. The van der Waals surface area contributed by atoms with Gasteiger partial charge in [-0.1, -0.05) is 32.8 Å². The molecule has 0 amide bonds. The Hall–Kier alpha value is -0.850. The molecule has 0 radical (unpaired) electrons. The van der Waals surface area contributed by atoms with Gasteiger partial charge < -0.3 is 10.6 Å². The molecule has 2 N–H and O–H groups in total. The van der Waals surface area contributed by atoms with Gasteiger partial charge in [0.05, 0.1) is 0 Å². The van der Waals surface area contributed by atoms with Crippen LogP contribution in [0.4, 0.5) is 0 Å². The van der Waals surface area contributed by atoms with Crippen molar-refractivity contribution < 1.29 is 0 Å². The lowest BCUT2D eigenvalue weighted by Gasteiger charge is -2.11. The summed E-state index contributed by atoms with van der Waals surface area (Å²) in [6, 6.07) is 4.20. The van der Waals surface area contributed by atoms with Crippen LogP contribution in [0.25, 0.3) is 0 Å². The average molecular weight is 432 g/mol. The summed E-state index contributed by atoms with van der Waals surface area (Å²) < 4.78 is 0. The number of aliphatic imine (C=N–C) groups is 1. The van der Waals surface area contributed by atoms with Gasteiger partial charge in [-0.15, -0.1) is 24.0 Å². The molecule has 0 atom stereocenters. The third kappa shape index (κ3) is 11.3.